The summed E-state index contributed by atoms with van der Waals surface area (Å²) in [5.74, 6) is -0.311. The molecule has 0 radical (unpaired) electrons. The lowest BCUT2D eigenvalue weighted by molar-refractivity contribution is -0.147. The first kappa shape index (κ1) is 16.2. The van der Waals surface area contributed by atoms with Crippen LogP contribution in [0.5, 0.6) is 0 Å². The summed E-state index contributed by atoms with van der Waals surface area (Å²) in [5, 5.41) is 9.76. The Bertz CT molecular complexity index is 388. The predicted molar refractivity (Wildman–Crippen MR) is 77.6 cm³/mol. The van der Waals surface area contributed by atoms with Crippen molar-refractivity contribution in [1.82, 2.24) is 9.80 Å². The van der Waals surface area contributed by atoms with Crippen molar-refractivity contribution in [2.24, 2.45) is 0 Å². The molecule has 0 aromatic heterocycles. The van der Waals surface area contributed by atoms with E-state index in [-0.39, 0.29) is 18.4 Å². The number of aliphatic hydroxyl groups is 1. The second kappa shape index (κ2) is 7.22. The predicted octanol–water partition coefficient (Wildman–Crippen LogP) is 0.386. The van der Waals surface area contributed by atoms with Crippen molar-refractivity contribution in [3.8, 4) is 0 Å². The standard InChI is InChI=1S/C15H26N2O4/c1-3-11-6-4-5-7-17(11)14(19)10-16-9-12(18)8-13(16)15(20)21-2/h11-13,18H,3-10H2,1-2H3. The molecule has 0 aromatic rings. The van der Waals surface area contributed by atoms with Gasteiger partial charge in [-0.15, -0.1) is 0 Å². The SMILES string of the molecule is CCC1CCCCN1C(=O)CN1CC(O)CC1C(=O)OC. The molecule has 2 fully saturated rings. The third-order valence-corrected chi connectivity index (χ3v) is 4.61. The first-order chi connectivity index (χ1) is 10.1. The number of likely N-dealkylation sites (tertiary alicyclic amines) is 2. The van der Waals surface area contributed by atoms with Gasteiger partial charge in [0, 0.05) is 25.6 Å². The van der Waals surface area contributed by atoms with Gasteiger partial charge in [0.25, 0.3) is 0 Å². The largest absolute Gasteiger partial charge is 0.468 e. The molecule has 0 bridgehead atoms. The molecule has 3 unspecified atom stereocenters. The molecule has 2 heterocycles. The van der Waals surface area contributed by atoms with E-state index in [4.69, 9.17) is 4.74 Å². The number of hydrogen-bond acceptors (Lipinski definition) is 5. The van der Waals surface area contributed by atoms with Gasteiger partial charge in [-0.25, -0.2) is 0 Å². The highest BCUT2D eigenvalue weighted by atomic mass is 16.5. The van der Waals surface area contributed by atoms with Gasteiger partial charge < -0.3 is 14.7 Å². The number of amides is 1. The van der Waals surface area contributed by atoms with E-state index in [1.807, 2.05) is 4.90 Å². The van der Waals surface area contributed by atoms with Crippen molar-refractivity contribution in [3.05, 3.63) is 0 Å². The van der Waals surface area contributed by atoms with E-state index in [1.165, 1.54) is 13.5 Å². The van der Waals surface area contributed by atoms with Gasteiger partial charge in [0.1, 0.15) is 6.04 Å². The minimum absolute atomic E-state index is 0.0598. The lowest BCUT2D eigenvalue weighted by Crippen LogP contribution is -2.49. The average molecular weight is 298 g/mol. The highest BCUT2D eigenvalue weighted by Gasteiger charge is 2.38. The van der Waals surface area contributed by atoms with Crippen LogP contribution in [-0.4, -0.2) is 71.7 Å². The van der Waals surface area contributed by atoms with Crippen LogP contribution in [0.25, 0.3) is 0 Å². The maximum absolute atomic E-state index is 12.5. The van der Waals surface area contributed by atoms with Crippen molar-refractivity contribution in [1.29, 1.82) is 0 Å². The fourth-order valence-corrected chi connectivity index (χ4v) is 3.45. The zero-order valence-corrected chi connectivity index (χ0v) is 13.0. The van der Waals surface area contributed by atoms with E-state index in [0.717, 1.165) is 25.8 Å². The first-order valence-electron chi connectivity index (χ1n) is 7.86. The van der Waals surface area contributed by atoms with Gasteiger partial charge in [-0.3, -0.25) is 14.5 Å². The van der Waals surface area contributed by atoms with Crippen LogP contribution in [0.4, 0.5) is 0 Å². The lowest BCUT2D eigenvalue weighted by atomic mass is 10.00. The lowest BCUT2D eigenvalue weighted by Gasteiger charge is -2.36. The third-order valence-electron chi connectivity index (χ3n) is 4.61. The fraction of sp³-hybridized carbons (Fsp3) is 0.867. The van der Waals surface area contributed by atoms with Crippen LogP contribution >= 0.6 is 0 Å². The highest BCUT2D eigenvalue weighted by Crippen LogP contribution is 2.22. The third kappa shape index (κ3) is 3.74. The van der Waals surface area contributed by atoms with Gasteiger partial charge >= 0.3 is 5.97 Å². The fourth-order valence-electron chi connectivity index (χ4n) is 3.45. The topological polar surface area (TPSA) is 70.1 Å². The molecule has 2 aliphatic rings. The molecule has 1 amide bonds. The van der Waals surface area contributed by atoms with E-state index in [2.05, 4.69) is 6.92 Å². The zero-order valence-electron chi connectivity index (χ0n) is 13.0. The van der Waals surface area contributed by atoms with E-state index in [1.54, 1.807) is 4.90 Å². The zero-order chi connectivity index (χ0) is 15.4. The van der Waals surface area contributed by atoms with E-state index in [9.17, 15) is 14.7 Å². The molecule has 2 rings (SSSR count). The number of β-amino-alcohol motifs (C(OH)–C–C–N with tert-alkyl or cyclic N) is 1. The number of piperidine rings is 1. The number of aliphatic hydroxyl groups excluding tert-OH is 1. The number of carbonyl (C=O) groups excluding carboxylic acids is 2. The Morgan fingerprint density at radius 3 is 2.76 bits per heavy atom. The molecule has 2 aliphatic heterocycles. The maximum Gasteiger partial charge on any atom is 0.323 e. The van der Waals surface area contributed by atoms with Crippen molar-refractivity contribution < 1.29 is 19.4 Å². The Morgan fingerprint density at radius 1 is 1.33 bits per heavy atom. The van der Waals surface area contributed by atoms with E-state index in [0.29, 0.717) is 19.0 Å². The van der Waals surface area contributed by atoms with Crippen LogP contribution in [0.2, 0.25) is 0 Å². The summed E-state index contributed by atoms with van der Waals surface area (Å²) < 4.78 is 4.77. The number of ether oxygens (including phenoxy) is 1. The molecule has 3 atom stereocenters. The molecule has 0 aromatic carbocycles. The van der Waals surface area contributed by atoms with Crippen LogP contribution in [0.15, 0.2) is 0 Å². The minimum atomic E-state index is -0.565. The molecular weight excluding hydrogens is 272 g/mol. The van der Waals surface area contributed by atoms with Gasteiger partial charge in [0.2, 0.25) is 5.91 Å². The maximum atomic E-state index is 12.5. The van der Waals surface area contributed by atoms with E-state index < -0.39 is 12.1 Å². The number of esters is 1. The van der Waals surface area contributed by atoms with Gasteiger partial charge in [-0.05, 0) is 25.7 Å². The molecule has 1 N–H and O–H groups in total. The average Bonchev–Trinajstić information content (AvgIpc) is 2.86. The highest BCUT2D eigenvalue weighted by molar-refractivity contribution is 5.81. The number of methoxy groups -OCH3 is 1. The number of rotatable bonds is 4. The smallest absolute Gasteiger partial charge is 0.323 e. The molecular formula is C15H26N2O4. The normalized spacial score (nSPS) is 30.4. The van der Waals surface area contributed by atoms with Crippen LogP contribution in [-0.2, 0) is 14.3 Å². The Balaban J connectivity index is 1.98. The summed E-state index contributed by atoms with van der Waals surface area (Å²) in [6.07, 6.45) is 4.03. The Kier molecular flexibility index (Phi) is 5.58. The Labute approximate surface area is 126 Å². The summed E-state index contributed by atoms with van der Waals surface area (Å²) in [7, 11) is 1.34. The van der Waals surface area contributed by atoms with Crippen molar-refractivity contribution >= 4 is 11.9 Å². The first-order valence-corrected chi connectivity index (χ1v) is 7.86. The summed E-state index contributed by atoms with van der Waals surface area (Å²) >= 11 is 0. The summed E-state index contributed by atoms with van der Waals surface area (Å²) in [5.41, 5.74) is 0. The van der Waals surface area contributed by atoms with Crippen molar-refractivity contribution in [2.45, 2.75) is 57.2 Å². The molecule has 2 saturated heterocycles. The second-order valence-corrected chi connectivity index (χ2v) is 6.00. The monoisotopic (exact) mass is 298 g/mol. The summed E-state index contributed by atoms with van der Waals surface area (Å²) in [6.45, 7) is 3.45. The number of hydrogen-bond donors (Lipinski definition) is 1. The molecule has 21 heavy (non-hydrogen) atoms. The number of nitrogens with zero attached hydrogens (tertiary/aromatic N) is 2. The van der Waals surface area contributed by atoms with E-state index >= 15 is 0 Å². The van der Waals surface area contributed by atoms with Gasteiger partial charge in [0.15, 0.2) is 0 Å². The van der Waals surface area contributed by atoms with Crippen LogP contribution in [0.3, 0.4) is 0 Å². The van der Waals surface area contributed by atoms with Crippen LogP contribution in [0, 0.1) is 0 Å². The molecule has 0 spiro atoms. The van der Waals surface area contributed by atoms with Gasteiger partial charge in [-0.1, -0.05) is 6.92 Å². The second-order valence-electron chi connectivity index (χ2n) is 6.00. The quantitative estimate of drug-likeness (QED) is 0.760. The molecule has 0 aliphatic carbocycles. The van der Waals surface area contributed by atoms with Crippen LogP contribution in [0.1, 0.15) is 39.0 Å². The molecule has 6 heteroatoms. The molecule has 6 nitrogen and oxygen atoms in total. The minimum Gasteiger partial charge on any atom is -0.468 e. The van der Waals surface area contributed by atoms with Crippen molar-refractivity contribution in [3.63, 3.8) is 0 Å². The van der Waals surface area contributed by atoms with Crippen LogP contribution < -0.4 is 0 Å². The summed E-state index contributed by atoms with van der Waals surface area (Å²) in [4.78, 5) is 28.0. The Morgan fingerprint density at radius 2 is 2.10 bits per heavy atom. The summed E-state index contributed by atoms with van der Waals surface area (Å²) in [6, 6.07) is -0.186. The molecule has 0 saturated carbocycles. The van der Waals surface area contributed by atoms with Gasteiger partial charge in [-0.2, -0.15) is 0 Å². The van der Waals surface area contributed by atoms with Gasteiger partial charge in [0.05, 0.1) is 19.8 Å². The Hall–Kier alpha value is -1.14. The molecule has 120 valence electrons. The number of carbonyl (C=O) groups is 2. The van der Waals surface area contributed by atoms with Crippen molar-refractivity contribution in [2.75, 3.05) is 26.7 Å².